The van der Waals surface area contributed by atoms with Gasteiger partial charge < -0.3 is 14.6 Å². The van der Waals surface area contributed by atoms with Crippen molar-refractivity contribution in [2.75, 3.05) is 7.05 Å². The Balaban J connectivity index is 1.73. The van der Waals surface area contributed by atoms with Crippen LogP contribution in [0.3, 0.4) is 0 Å². The van der Waals surface area contributed by atoms with Crippen molar-refractivity contribution in [2.45, 2.75) is 32.9 Å². The van der Waals surface area contributed by atoms with E-state index in [2.05, 4.69) is 5.32 Å². The molecule has 0 bridgehead atoms. The van der Waals surface area contributed by atoms with E-state index in [1.54, 1.807) is 37.1 Å². The van der Waals surface area contributed by atoms with Gasteiger partial charge in [-0.1, -0.05) is 54.4 Å². The van der Waals surface area contributed by atoms with Crippen molar-refractivity contribution < 1.29 is 14.0 Å². The van der Waals surface area contributed by atoms with Crippen LogP contribution in [-0.4, -0.2) is 29.8 Å². The second kappa shape index (κ2) is 8.89. The molecule has 29 heavy (non-hydrogen) atoms. The summed E-state index contributed by atoms with van der Waals surface area (Å²) in [6.07, 6.45) is 0.728. The minimum Gasteiger partial charge on any atom is -0.461 e. The van der Waals surface area contributed by atoms with E-state index in [1.807, 2.05) is 31.2 Å². The average Bonchev–Trinajstić information content (AvgIpc) is 3.06. The molecule has 1 unspecified atom stereocenters. The van der Waals surface area contributed by atoms with E-state index in [-0.39, 0.29) is 21.5 Å². The lowest BCUT2D eigenvalue weighted by molar-refractivity contribution is -0.132. The average molecular weight is 433 g/mol. The molecule has 7 heteroatoms. The summed E-state index contributed by atoms with van der Waals surface area (Å²) in [5, 5.41) is 4.14. The van der Waals surface area contributed by atoms with Crippen LogP contribution in [0.2, 0.25) is 10.0 Å². The quantitative estimate of drug-likeness (QED) is 0.590. The summed E-state index contributed by atoms with van der Waals surface area (Å²) in [6.45, 7) is 4.04. The van der Waals surface area contributed by atoms with Crippen LogP contribution in [0, 0.1) is 0 Å². The number of halogens is 2. The van der Waals surface area contributed by atoms with E-state index in [0.717, 1.165) is 28.7 Å². The van der Waals surface area contributed by atoms with Crippen molar-refractivity contribution in [3.05, 3.63) is 69.4 Å². The largest absolute Gasteiger partial charge is 0.461 e. The Kier molecular flexibility index (Phi) is 6.50. The lowest BCUT2D eigenvalue weighted by atomic mass is 10.1. The monoisotopic (exact) mass is 432 g/mol. The van der Waals surface area contributed by atoms with Gasteiger partial charge in [0.2, 0.25) is 5.91 Å². The van der Waals surface area contributed by atoms with Gasteiger partial charge in [0.1, 0.15) is 17.4 Å². The smallest absolute Gasteiger partial charge is 0.253 e. The molecule has 1 N–H and O–H groups in total. The molecule has 0 radical (unpaired) electrons. The van der Waals surface area contributed by atoms with Crippen molar-refractivity contribution in [1.82, 2.24) is 10.2 Å². The summed E-state index contributed by atoms with van der Waals surface area (Å²) in [5.41, 5.74) is 2.02. The zero-order valence-electron chi connectivity index (χ0n) is 16.5. The zero-order valence-corrected chi connectivity index (χ0v) is 18.0. The van der Waals surface area contributed by atoms with Gasteiger partial charge in [-0.3, -0.25) is 9.59 Å². The summed E-state index contributed by atoms with van der Waals surface area (Å²) in [4.78, 5) is 26.9. The molecule has 0 fully saturated rings. The van der Waals surface area contributed by atoms with Crippen LogP contribution in [-0.2, 0) is 17.8 Å². The SMILES string of the molecule is CCc1oc2ccccc2c1CN(C)C(=O)C(C)NC(=O)c1cccc(Cl)c1Cl. The number of fused-ring (bicyclic) bond motifs is 1. The highest BCUT2D eigenvalue weighted by Crippen LogP contribution is 2.28. The molecule has 0 saturated carbocycles. The first-order valence-electron chi connectivity index (χ1n) is 9.32. The maximum atomic E-state index is 12.8. The van der Waals surface area contributed by atoms with Crippen LogP contribution in [0.15, 0.2) is 46.9 Å². The number of aryl methyl sites for hydroxylation is 1. The third-order valence-electron chi connectivity index (χ3n) is 4.79. The molecule has 1 aromatic heterocycles. The van der Waals surface area contributed by atoms with Crippen molar-refractivity contribution in [3.8, 4) is 0 Å². The maximum absolute atomic E-state index is 12.8. The van der Waals surface area contributed by atoms with Gasteiger partial charge in [0.05, 0.1) is 15.6 Å². The summed E-state index contributed by atoms with van der Waals surface area (Å²) >= 11 is 12.1. The second-order valence-electron chi connectivity index (χ2n) is 6.84. The Labute approximate surface area is 179 Å². The molecule has 5 nitrogen and oxygen atoms in total. The number of hydrogen-bond acceptors (Lipinski definition) is 3. The topological polar surface area (TPSA) is 62.6 Å². The second-order valence-corrected chi connectivity index (χ2v) is 7.63. The number of hydrogen-bond donors (Lipinski definition) is 1. The number of carbonyl (C=O) groups is 2. The highest BCUT2D eigenvalue weighted by Gasteiger charge is 2.23. The first-order chi connectivity index (χ1) is 13.8. The highest BCUT2D eigenvalue weighted by molar-refractivity contribution is 6.43. The molecule has 0 aliphatic heterocycles. The van der Waals surface area contributed by atoms with E-state index < -0.39 is 11.9 Å². The zero-order chi connectivity index (χ0) is 21.1. The molecule has 3 aromatic rings. The number of amides is 2. The van der Waals surface area contributed by atoms with E-state index >= 15 is 0 Å². The molecule has 0 aliphatic carbocycles. The Morgan fingerprint density at radius 2 is 1.86 bits per heavy atom. The third-order valence-corrected chi connectivity index (χ3v) is 5.61. The number of carbonyl (C=O) groups excluding carboxylic acids is 2. The molecule has 1 heterocycles. The van der Waals surface area contributed by atoms with E-state index in [1.165, 1.54) is 0 Å². The van der Waals surface area contributed by atoms with Gasteiger partial charge in [-0.15, -0.1) is 0 Å². The Morgan fingerprint density at radius 3 is 2.59 bits per heavy atom. The Morgan fingerprint density at radius 1 is 1.14 bits per heavy atom. The molecular weight excluding hydrogens is 411 g/mol. The lowest BCUT2D eigenvalue weighted by Gasteiger charge is -2.22. The summed E-state index contributed by atoms with van der Waals surface area (Å²) in [5.74, 6) is 0.187. The fourth-order valence-corrected chi connectivity index (χ4v) is 3.66. The lowest BCUT2D eigenvalue weighted by Crippen LogP contribution is -2.45. The molecular formula is C22H22Cl2N2O3. The molecule has 0 aliphatic rings. The van der Waals surface area contributed by atoms with Crippen LogP contribution in [0.1, 0.15) is 35.5 Å². The van der Waals surface area contributed by atoms with Crippen LogP contribution in [0.25, 0.3) is 11.0 Å². The van der Waals surface area contributed by atoms with Crippen LogP contribution in [0.5, 0.6) is 0 Å². The van der Waals surface area contributed by atoms with Gasteiger partial charge in [-0.25, -0.2) is 0 Å². The summed E-state index contributed by atoms with van der Waals surface area (Å²) in [7, 11) is 1.71. The normalized spacial score (nSPS) is 12.0. The molecule has 152 valence electrons. The molecule has 0 spiro atoms. The van der Waals surface area contributed by atoms with Crippen molar-refractivity contribution in [1.29, 1.82) is 0 Å². The fourth-order valence-electron chi connectivity index (χ4n) is 3.27. The Bertz CT molecular complexity index is 1060. The minimum atomic E-state index is -0.731. The molecule has 0 saturated heterocycles. The molecule has 2 aromatic carbocycles. The first-order valence-corrected chi connectivity index (χ1v) is 10.1. The number of para-hydroxylation sites is 1. The van der Waals surface area contributed by atoms with Crippen LogP contribution in [0.4, 0.5) is 0 Å². The molecule has 1 atom stereocenters. The van der Waals surface area contributed by atoms with E-state index in [9.17, 15) is 9.59 Å². The predicted octanol–water partition coefficient (Wildman–Crippen LogP) is 5.08. The van der Waals surface area contributed by atoms with Crippen molar-refractivity contribution in [3.63, 3.8) is 0 Å². The van der Waals surface area contributed by atoms with Gasteiger partial charge >= 0.3 is 0 Å². The van der Waals surface area contributed by atoms with Gasteiger partial charge in [0.25, 0.3) is 5.91 Å². The number of likely N-dealkylation sites (N-methyl/N-ethyl adjacent to an activating group) is 1. The van der Waals surface area contributed by atoms with E-state index in [0.29, 0.717) is 6.54 Å². The maximum Gasteiger partial charge on any atom is 0.253 e. The molecule has 3 rings (SSSR count). The van der Waals surface area contributed by atoms with E-state index in [4.69, 9.17) is 27.6 Å². The van der Waals surface area contributed by atoms with Gasteiger partial charge in [-0.05, 0) is 25.1 Å². The fraction of sp³-hybridized carbons (Fsp3) is 0.273. The van der Waals surface area contributed by atoms with Gasteiger partial charge in [0, 0.05) is 31.0 Å². The standard InChI is InChI=1S/C22H22Cl2N2O3/c1-4-18-16(14-8-5-6-11-19(14)29-18)12-26(3)22(28)13(2)25-21(27)15-9-7-10-17(23)20(15)24/h5-11,13H,4,12H2,1-3H3,(H,25,27). The predicted molar refractivity (Wildman–Crippen MR) is 115 cm³/mol. The van der Waals surface area contributed by atoms with Crippen LogP contribution < -0.4 is 5.32 Å². The summed E-state index contributed by atoms with van der Waals surface area (Å²) in [6, 6.07) is 11.8. The number of nitrogens with one attached hydrogen (secondary N) is 1. The Hall–Kier alpha value is -2.50. The van der Waals surface area contributed by atoms with Crippen molar-refractivity contribution in [2.24, 2.45) is 0 Å². The molecule has 2 amide bonds. The minimum absolute atomic E-state index is 0.164. The highest BCUT2D eigenvalue weighted by atomic mass is 35.5. The summed E-state index contributed by atoms with van der Waals surface area (Å²) < 4.78 is 5.90. The van der Waals surface area contributed by atoms with Crippen LogP contribution >= 0.6 is 23.2 Å². The number of furan rings is 1. The van der Waals surface area contributed by atoms with Crippen molar-refractivity contribution >= 4 is 46.0 Å². The number of benzene rings is 2. The van der Waals surface area contributed by atoms with Gasteiger partial charge in [-0.2, -0.15) is 0 Å². The first kappa shape index (κ1) is 21.2. The number of rotatable bonds is 6. The van der Waals surface area contributed by atoms with Gasteiger partial charge in [0.15, 0.2) is 0 Å². The number of nitrogens with zero attached hydrogens (tertiary/aromatic N) is 1. The third kappa shape index (κ3) is 4.41.